The van der Waals surface area contributed by atoms with Gasteiger partial charge in [0.1, 0.15) is 17.1 Å². The summed E-state index contributed by atoms with van der Waals surface area (Å²) in [4.78, 5) is 11.7. The molecule has 0 aliphatic carbocycles. The van der Waals surface area contributed by atoms with Crippen LogP contribution >= 0.6 is 0 Å². The Morgan fingerprint density at radius 1 is 1.26 bits per heavy atom. The Labute approximate surface area is 113 Å². The van der Waals surface area contributed by atoms with Gasteiger partial charge in [-0.25, -0.2) is 4.79 Å². The second-order valence-corrected chi connectivity index (χ2v) is 4.80. The van der Waals surface area contributed by atoms with Crippen LogP contribution in [0.1, 0.15) is 47.2 Å². The summed E-state index contributed by atoms with van der Waals surface area (Å²) in [7, 11) is 1.39. The van der Waals surface area contributed by atoms with Crippen LogP contribution in [0.15, 0.2) is 40.8 Å². The zero-order valence-electron chi connectivity index (χ0n) is 11.5. The second kappa shape index (κ2) is 5.74. The first-order chi connectivity index (χ1) is 9.11. The maximum absolute atomic E-state index is 11.7. The molecule has 1 heterocycles. The number of rotatable bonds is 4. The summed E-state index contributed by atoms with van der Waals surface area (Å²) in [6.07, 6.45) is 0.678. The van der Waals surface area contributed by atoms with Gasteiger partial charge >= 0.3 is 5.97 Å². The van der Waals surface area contributed by atoms with Crippen LogP contribution < -0.4 is 0 Å². The second-order valence-electron chi connectivity index (χ2n) is 4.80. The minimum Gasteiger partial charge on any atom is -0.465 e. The Balaban J connectivity index is 2.30. The molecule has 0 amide bonds. The molecule has 0 atom stereocenters. The van der Waals surface area contributed by atoms with Crippen molar-refractivity contribution in [2.75, 3.05) is 7.11 Å². The topological polar surface area (TPSA) is 39.4 Å². The smallest absolute Gasteiger partial charge is 0.341 e. The molecular formula is C16H18O3. The van der Waals surface area contributed by atoms with Gasteiger partial charge in [0.05, 0.1) is 7.11 Å². The largest absolute Gasteiger partial charge is 0.465 e. The molecule has 19 heavy (non-hydrogen) atoms. The van der Waals surface area contributed by atoms with Crippen molar-refractivity contribution in [3.63, 3.8) is 0 Å². The number of ether oxygens (including phenoxy) is 1. The molecule has 3 nitrogen and oxygen atoms in total. The molecule has 1 aromatic carbocycles. The number of furan rings is 1. The Hall–Kier alpha value is -2.03. The molecular weight excluding hydrogens is 240 g/mol. The lowest BCUT2D eigenvalue weighted by Gasteiger charge is -2.03. The molecule has 2 rings (SSSR count). The zero-order valence-corrected chi connectivity index (χ0v) is 11.5. The van der Waals surface area contributed by atoms with Crippen molar-refractivity contribution in [2.24, 2.45) is 0 Å². The van der Waals surface area contributed by atoms with Crippen LogP contribution in [0.2, 0.25) is 0 Å². The van der Waals surface area contributed by atoms with Gasteiger partial charge in [-0.2, -0.15) is 0 Å². The Kier molecular flexibility index (Phi) is 4.05. The van der Waals surface area contributed by atoms with Crippen LogP contribution in [-0.2, 0) is 11.2 Å². The van der Waals surface area contributed by atoms with Gasteiger partial charge in [-0.15, -0.1) is 0 Å². The maximum atomic E-state index is 11.7. The summed E-state index contributed by atoms with van der Waals surface area (Å²) in [5.74, 6) is 1.29. The van der Waals surface area contributed by atoms with E-state index in [1.165, 1.54) is 7.11 Å². The predicted octanol–water partition coefficient (Wildman–Crippen LogP) is 3.78. The number of hydrogen-bond donors (Lipinski definition) is 0. The lowest BCUT2D eigenvalue weighted by molar-refractivity contribution is 0.0597. The highest BCUT2D eigenvalue weighted by Gasteiger charge is 2.20. The van der Waals surface area contributed by atoms with E-state index in [0.29, 0.717) is 17.7 Å². The summed E-state index contributed by atoms with van der Waals surface area (Å²) in [6.45, 7) is 4.00. The number of hydrogen-bond acceptors (Lipinski definition) is 3. The summed E-state index contributed by atoms with van der Waals surface area (Å²) in [5.41, 5.74) is 1.69. The van der Waals surface area contributed by atoms with Crippen LogP contribution in [0, 0.1) is 0 Å². The highest BCUT2D eigenvalue weighted by Crippen LogP contribution is 2.25. The lowest BCUT2D eigenvalue weighted by Crippen LogP contribution is -2.03. The molecule has 0 aliphatic heterocycles. The normalized spacial score (nSPS) is 10.7. The van der Waals surface area contributed by atoms with Gasteiger partial charge in [0.25, 0.3) is 0 Å². The molecule has 0 aliphatic rings. The third kappa shape index (κ3) is 3.05. The summed E-state index contributed by atoms with van der Waals surface area (Å²) in [5, 5.41) is 0. The van der Waals surface area contributed by atoms with Crippen LogP contribution in [-0.4, -0.2) is 13.1 Å². The molecule has 3 heteroatoms. The highest BCUT2D eigenvalue weighted by molar-refractivity contribution is 5.90. The van der Waals surface area contributed by atoms with E-state index in [4.69, 9.17) is 9.15 Å². The van der Waals surface area contributed by atoms with Gasteiger partial charge in [-0.3, -0.25) is 0 Å². The van der Waals surface area contributed by atoms with E-state index in [1.807, 2.05) is 44.2 Å². The van der Waals surface area contributed by atoms with Gasteiger partial charge in [-0.05, 0) is 11.6 Å². The third-order valence-electron chi connectivity index (χ3n) is 2.96. The van der Waals surface area contributed by atoms with Crippen LogP contribution in [0.5, 0.6) is 0 Å². The first-order valence-corrected chi connectivity index (χ1v) is 6.36. The first-order valence-electron chi connectivity index (χ1n) is 6.36. The number of esters is 1. The van der Waals surface area contributed by atoms with Crippen LogP contribution in [0.4, 0.5) is 0 Å². The fourth-order valence-electron chi connectivity index (χ4n) is 2.04. The van der Waals surface area contributed by atoms with Crippen molar-refractivity contribution in [3.05, 3.63) is 59.0 Å². The maximum Gasteiger partial charge on any atom is 0.341 e. The standard InChI is InChI=1S/C16H18O3/c1-11(2)15-14(16(17)18-3)10-13(19-15)9-12-7-5-4-6-8-12/h4-8,10-11H,9H2,1-3H3. The van der Waals surface area contributed by atoms with E-state index >= 15 is 0 Å². The minimum absolute atomic E-state index is 0.152. The third-order valence-corrected chi connectivity index (χ3v) is 2.96. The fourth-order valence-corrected chi connectivity index (χ4v) is 2.04. The molecule has 2 aromatic rings. The quantitative estimate of drug-likeness (QED) is 0.783. The monoisotopic (exact) mass is 258 g/mol. The van der Waals surface area contributed by atoms with Crippen molar-refractivity contribution in [3.8, 4) is 0 Å². The molecule has 0 saturated carbocycles. The van der Waals surface area contributed by atoms with Gasteiger partial charge in [0.15, 0.2) is 0 Å². The number of carbonyl (C=O) groups is 1. The lowest BCUT2D eigenvalue weighted by atomic mass is 10.1. The number of benzene rings is 1. The van der Waals surface area contributed by atoms with Crippen molar-refractivity contribution in [1.82, 2.24) is 0 Å². The molecule has 0 bridgehead atoms. The molecule has 0 fully saturated rings. The molecule has 0 unspecified atom stereocenters. The highest BCUT2D eigenvalue weighted by atomic mass is 16.5. The van der Waals surface area contributed by atoms with Crippen molar-refractivity contribution >= 4 is 5.97 Å². The molecule has 0 radical (unpaired) electrons. The van der Waals surface area contributed by atoms with E-state index in [2.05, 4.69) is 0 Å². The number of carbonyl (C=O) groups excluding carboxylic acids is 1. The van der Waals surface area contributed by atoms with E-state index in [9.17, 15) is 4.79 Å². The average molecular weight is 258 g/mol. The van der Waals surface area contributed by atoms with Crippen LogP contribution in [0.25, 0.3) is 0 Å². The summed E-state index contributed by atoms with van der Waals surface area (Å²) < 4.78 is 10.6. The van der Waals surface area contributed by atoms with Crippen molar-refractivity contribution in [1.29, 1.82) is 0 Å². The molecule has 0 N–H and O–H groups in total. The Bertz CT molecular complexity index is 553. The van der Waals surface area contributed by atoms with E-state index in [-0.39, 0.29) is 11.9 Å². The molecule has 0 spiro atoms. The predicted molar refractivity (Wildman–Crippen MR) is 73.4 cm³/mol. The molecule has 100 valence electrons. The Morgan fingerprint density at radius 2 is 1.95 bits per heavy atom. The first kappa shape index (κ1) is 13.4. The molecule has 1 aromatic heterocycles. The fraction of sp³-hybridized carbons (Fsp3) is 0.312. The minimum atomic E-state index is -0.341. The SMILES string of the molecule is COC(=O)c1cc(Cc2ccccc2)oc1C(C)C. The van der Waals surface area contributed by atoms with Crippen LogP contribution in [0.3, 0.4) is 0 Å². The van der Waals surface area contributed by atoms with Crippen molar-refractivity contribution < 1.29 is 13.9 Å². The van der Waals surface area contributed by atoms with Gasteiger partial charge in [-0.1, -0.05) is 44.2 Å². The van der Waals surface area contributed by atoms with Crippen molar-refractivity contribution in [2.45, 2.75) is 26.2 Å². The Morgan fingerprint density at radius 3 is 2.53 bits per heavy atom. The average Bonchev–Trinajstić information content (AvgIpc) is 2.83. The number of methoxy groups -OCH3 is 1. The van der Waals surface area contributed by atoms with E-state index < -0.39 is 0 Å². The van der Waals surface area contributed by atoms with E-state index in [0.717, 1.165) is 11.3 Å². The summed E-state index contributed by atoms with van der Waals surface area (Å²) >= 11 is 0. The molecule has 0 saturated heterocycles. The van der Waals surface area contributed by atoms with Gasteiger partial charge in [0.2, 0.25) is 0 Å². The zero-order chi connectivity index (χ0) is 13.8. The summed E-state index contributed by atoms with van der Waals surface area (Å²) in [6, 6.07) is 11.8. The van der Waals surface area contributed by atoms with Gasteiger partial charge < -0.3 is 9.15 Å². The van der Waals surface area contributed by atoms with Gasteiger partial charge in [0, 0.05) is 12.3 Å². The van der Waals surface area contributed by atoms with E-state index in [1.54, 1.807) is 6.07 Å².